The van der Waals surface area contributed by atoms with E-state index in [1.165, 1.54) is 10.5 Å². The number of rotatable bonds is 4. The number of fused-ring (bicyclic) bond motifs is 2. The van der Waals surface area contributed by atoms with Gasteiger partial charge < -0.3 is 15.1 Å². The Morgan fingerprint density at radius 2 is 1.70 bits per heavy atom. The Bertz CT molecular complexity index is 1480. The quantitative estimate of drug-likeness (QED) is 0.332. The number of furan rings is 1. The number of aryl methyl sites for hydroxylation is 1. The van der Waals surface area contributed by atoms with Gasteiger partial charge in [0.2, 0.25) is 0 Å². The van der Waals surface area contributed by atoms with Crippen molar-refractivity contribution < 1.29 is 22.4 Å². The van der Waals surface area contributed by atoms with Crippen LogP contribution in [0.15, 0.2) is 77.3 Å². The first kappa shape index (κ1) is 20.6. The van der Waals surface area contributed by atoms with E-state index in [0.717, 1.165) is 17.1 Å². The van der Waals surface area contributed by atoms with Crippen LogP contribution < -0.4 is 10.6 Å². The number of para-hydroxylation sites is 1. The third kappa shape index (κ3) is 3.89. The number of aromatic nitrogens is 2. The number of nitrogens with zero attached hydrogens (tertiary/aromatic N) is 2. The average molecular weight is 450 g/mol. The van der Waals surface area contributed by atoms with E-state index >= 15 is 0 Å². The van der Waals surface area contributed by atoms with Gasteiger partial charge in [-0.2, -0.15) is 13.2 Å². The second-order valence-electron chi connectivity index (χ2n) is 7.47. The van der Waals surface area contributed by atoms with Gasteiger partial charge in [-0.05, 0) is 49.4 Å². The molecule has 2 N–H and O–H groups in total. The first-order chi connectivity index (χ1) is 15.8. The number of halogens is 3. The minimum atomic E-state index is -4.53. The molecule has 9 heteroatoms. The fraction of sp³-hybridized carbons (Fsp3) is 0.0833. The molecule has 0 bridgehead atoms. The van der Waals surface area contributed by atoms with Crippen molar-refractivity contribution >= 4 is 39.7 Å². The summed E-state index contributed by atoms with van der Waals surface area (Å²) in [7, 11) is 0. The number of alkyl halides is 3. The number of hydrogen-bond acceptors (Lipinski definition) is 4. The van der Waals surface area contributed by atoms with E-state index in [0.29, 0.717) is 22.8 Å². The molecule has 33 heavy (non-hydrogen) atoms. The van der Waals surface area contributed by atoms with Crippen LogP contribution in [0.3, 0.4) is 0 Å². The van der Waals surface area contributed by atoms with Crippen LogP contribution in [-0.2, 0) is 6.18 Å². The van der Waals surface area contributed by atoms with Gasteiger partial charge >= 0.3 is 6.18 Å². The molecule has 0 saturated heterocycles. The van der Waals surface area contributed by atoms with Gasteiger partial charge in [0.05, 0.1) is 0 Å². The summed E-state index contributed by atoms with van der Waals surface area (Å²) >= 11 is 0. The summed E-state index contributed by atoms with van der Waals surface area (Å²) in [6.07, 6.45) is -3.58. The third-order valence-corrected chi connectivity index (χ3v) is 5.25. The smallest absolute Gasteiger partial charge is 0.434 e. The van der Waals surface area contributed by atoms with E-state index in [-0.39, 0.29) is 17.3 Å². The summed E-state index contributed by atoms with van der Waals surface area (Å²) in [4.78, 5) is 16.3. The molecule has 0 spiro atoms. The Labute approximate surface area is 185 Å². The van der Waals surface area contributed by atoms with Gasteiger partial charge in [0.25, 0.3) is 5.91 Å². The number of amides is 1. The van der Waals surface area contributed by atoms with Crippen molar-refractivity contribution in [3.63, 3.8) is 0 Å². The van der Waals surface area contributed by atoms with Crippen molar-refractivity contribution in [1.29, 1.82) is 0 Å². The number of benzene rings is 2. The molecule has 0 aliphatic carbocycles. The number of hydrogen-bond donors (Lipinski definition) is 2. The molecule has 166 valence electrons. The highest BCUT2D eigenvalue weighted by Gasteiger charge is 2.34. The summed E-state index contributed by atoms with van der Waals surface area (Å²) < 4.78 is 46.0. The Morgan fingerprint density at radius 3 is 2.42 bits per heavy atom. The van der Waals surface area contributed by atoms with Gasteiger partial charge in [-0.1, -0.05) is 24.3 Å². The zero-order valence-corrected chi connectivity index (χ0v) is 17.3. The predicted molar refractivity (Wildman–Crippen MR) is 119 cm³/mol. The van der Waals surface area contributed by atoms with E-state index in [2.05, 4.69) is 15.6 Å². The molecular formula is C24H17F3N4O2. The normalized spacial score (nSPS) is 11.8. The predicted octanol–water partition coefficient (Wildman–Crippen LogP) is 6.40. The maximum atomic E-state index is 13.0. The van der Waals surface area contributed by atoms with Crippen molar-refractivity contribution in [2.45, 2.75) is 13.1 Å². The van der Waals surface area contributed by atoms with Crippen LogP contribution in [0.1, 0.15) is 21.8 Å². The number of anilines is 3. The highest BCUT2D eigenvalue weighted by atomic mass is 19.4. The van der Waals surface area contributed by atoms with E-state index in [9.17, 15) is 18.0 Å². The second kappa shape index (κ2) is 7.70. The van der Waals surface area contributed by atoms with Crippen LogP contribution in [0.25, 0.3) is 16.6 Å². The van der Waals surface area contributed by atoms with Crippen molar-refractivity contribution in [1.82, 2.24) is 9.38 Å². The maximum absolute atomic E-state index is 13.0. The lowest BCUT2D eigenvalue weighted by molar-refractivity contribution is -0.140. The fourth-order valence-electron chi connectivity index (χ4n) is 3.61. The molecule has 1 amide bonds. The Balaban J connectivity index is 1.34. The molecule has 0 aliphatic heterocycles. The lowest BCUT2D eigenvalue weighted by atomic mass is 10.1. The zero-order chi connectivity index (χ0) is 23.2. The molecule has 3 heterocycles. The van der Waals surface area contributed by atoms with Gasteiger partial charge in [0.1, 0.15) is 17.0 Å². The minimum absolute atomic E-state index is 0.178. The number of nitrogens with one attached hydrogen (secondary N) is 2. The molecule has 3 aromatic heterocycles. The fourth-order valence-corrected chi connectivity index (χ4v) is 3.61. The Hall–Kier alpha value is -4.27. The first-order valence-electron chi connectivity index (χ1n) is 10.0. The molecule has 6 nitrogen and oxygen atoms in total. The van der Waals surface area contributed by atoms with Gasteiger partial charge in [0.15, 0.2) is 11.5 Å². The van der Waals surface area contributed by atoms with Crippen LogP contribution in [0.2, 0.25) is 0 Å². The monoisotopic (exact) mass is 450 g/mol. The highest BCUT2D eigenvalue weighted by molar-refractivity contribution is 6.06. The van der Waals surface area contributed by atoms with Crippen LogP contribution >= 0.6 is 0 Å². The van der Waals surface area contributed by atoms with E-state index < -0.39 is 11.9 Å². The van der Waals surface area contributed by atoms with Crippen LogP contribution in [0.5, 0.6) is 0 Å². The standard InChI is InChI=1S/C24H17F3N4O2/c1-14-17-5-2-3-6-18(17)33-22(14)23(32)29-16-11-9-15(10-12-16)28-20-7-4-8-21-30-19(13-31(20)21)24(25,26)27/h2-13,28H,1H3,(H,29,32). The Morgan fingerprint density at radius 1 is 0.970 bits per heavy atom. The van der Waals surface area contributed by atoms with Crippen LogP contribution in [0, 0.1) is 6.92 Å². The van der Waals surface area contributed by atoms with Gasteiger partial charge in [-0.15, -0.1) is 0 Å². The van der Waals surface area contributed by atoms with Crippen LogP contribution in [0.4, 0.5) is 30.4 Å². The molecule has 0 radical (unpaired) electrons. The first-order valence-corrected chi connectivity index (χ1v) is 10.0. The second-order valence-corrected chi connectivity index (χ2v) is 7.47. The van der Waals surface area contributed by atoms with Crippen molar-refractivity contribution in [3.8, 4) is 0 Å². The summed E-state index contributed by atoms with van der Waals surface area (Å²) in [6.45, 7) is 1.83. The van der Waals surface area contributed by atoms with Crippen molar-refractivity contribution in [3.05, 3.63) is 89.9 Å². The lowest BCUT2D eigenvalue weighted by Gasteiger charge is -2.10. The molecule has 0 fully saturated rings. The maximum Gasteiger partial charge on any atom is 0.434 e. The molecule has 5 rings (SSSR count). The third-order valence-electron chi connectivity index (χ3n) is 5.25. The minimum Gasteiger partial charge on any atom is -0.451 e. The SMILES string of the molecule is Cc1c(C(=O)Nc2ccc(Nc3cccc4nc(C(F)(F)F)cn34)cc2)oc2ccccc12. The van der Waals surface area contributed by atoms with Gasteiger partial charge in [0, 0.05) is 28.5 Å². The molecule has 0 atom stereocenters. The highest BCUT2D eigenvalue weighted by Crippen LogP contribution is 2.30. The van der Waals surface area contributed by atoms with E-state index in [1.807, 2.05) is 25.1 Å². The molecule has 0 unspecified atom stereocenters. The van der Waals surface area contributed by atoms with Gasteiger partial charge in [-0.3, -0.25) is 9.20 Å². The summed E-state index contributed by atoms with van der Waals surface area (Å²) in [6, 6.07) is 19.0. The molecule has 0 aliphatic rings. The number of imidazole rings is 1. The molecule has 5 aromatic rings. The van der Waals surface area contributed by atoms with Crippen LogP contribution in [-0.4, -0.2) is 15.3 Å². The Kier molecular flexibility index (Phi) is 4.81. The summed E-state index contributed by atoms with van der Waals surface area (Å²) in [5.74, 6) is 0.295. The van der Waals surface area contributed by atoms with Crippen molar-refractivity contribution in [2.24, 2.45) is 0 Å². The molecule has 2 aromatic carbocycles. The topological polar surface area (TPSA) is 71.6 Å². The van der Waals surface area contributed by atoms with E-state index in [4.69, 9.17) is 4.42 Å². The largest absolute Gasteiger partial charge is 0.451 e. The molecular weight excluding hydrogens is 433 g/mol. The van der Waals surface area contributed by atoms with Crippen molar-refractivity contribution in [2.75, 3.05) is 10.6 Å². The van der Waals surface area contributed by atoms with E-state index in [1.54, 1.807) is 42.5 Å². The van der Waals surface area contributed by atoms with Gasteiger partial charge in [-0.25, -0.2) is 4.98 Å². The number of carbonyl (C=O) groups is 1. The number of pyridine rings is 1. The summed E-state index contributed by atoms with van der Waals surface area (Å²) in [5, 5.41) is 6.75. The summed E-state index contributed by atoms with van der Waals surface area (Å²) in [5.41, 5.74) is 1.79. The zero-order valence-electron chi connectivity index (χ0n) is 17.3. The molecule has 0 saturated carbocycles. The number of carbonyl (C=O) groups excluding carboxylic acids is 1. The lowest BCUT2D eigenvalue weighted by Crippen LogP contribution is -2.12. The average Bonchev–Trinajstić information content (AvgIpc) is 3.38.